The van der Waals surface area contributed by atoms with Crippen LogP contribution in [0.4, 0.5) is 0 Å². The lowest BCUT2D eigenvalue weighted by molar-refractivity contribution is 0.798. The van der Waals surface area contributed by atoms with Crippen molar-refractivity contribution in [2.75, 3.05) is 0 Å². The average molecular weight is 160 g/mol. The van der Waals surface area contributed by atoms with Crippen LogP contribution in [0.1, 0.15) is 5.56 Å². The van der Waals surface area contributed by atoms with E-state index in [1.165, 1.54) is 0 Å². The lowest BCUT2D eigenvalue weighted by atomic mass is 10.3. The van der Waals surface area contributed by atoms with Gasteiger partial charge in [-0.25, -0.2) is 4.68 Å². The number of pyridine rings is 1. The van der Waals surface area contributed by atoms with E-state index in [-0.39, 0.29) is 0 Å². The summed E-state index contributed by atoms with van der Waals surface area (Å²) in [5.74, 6) is 0. The highest BCUT2D eigenvalue weighted by molar-refractivity contribution is 5.29. The van der Waals surface area contributed by atoms with Gasteiger partial charge in [0.05, 0.1) is 24.3 Å². The molecule has 0 atom stereocenters. The van der Waals surface area contributed by atoms with Crippen LogP contribution < -0.4 is 0 Å². The van der Waals surface area contributed by atoms with Gasteiger partial charge in [-0.15, -0.1) is 5.10 Å². The van der Waals surface area contributed by atoms with Gasteiger partial charge in [0, 0.05) is 6.20 Å². The van der Waals surface area contributed by atoms with Crippen molar-refractivity contribution in [1.29, 1.82) is 0 Å². The van der Waals surface area contributed by atoms with Gasteiger partial charge in [-0.1, -0.05) is 5.21 Å². The Morgan fingerprint density at radius 1 is 1.33 bits per heavy atom. The topological polar surface area (TPSA) is 43.6 Å². The quantitative estimate of drug-likeness (QED) is 0.624. The number of rotatable bonds is 1. The fraction of sp³-hybridized carbons (Fsp3) is 0.125. The summed E-state index contributed by atoms with van der Waals surface area (Å²) in [4.78, 5) is 4.05. The van der Waals surface area contributed by atoms with Crippen molar-refractivity contribution in [1.82, 2.24) is 20.0 Å². The van der Waals surface area contributed by atoms with Crippen LogP contribution in [0.2, 0.25) is 0 Å². The molecule has 12 heavy (non-hydrogen) atoms. The second kappa shape index (κ2) is 2.73. The third-order valence-electron chi connectivity index (χ3n) is 1.55. The zero-order valence-corrected chi connectivity index (χ0v) is 6.68. The van der Waals surface area contributed by atoms with Gasteiger partial charge in [0.1, 0.15) is 0 Å². The van der Waals surface area contributed by atoms with Gasteiger partial charge < -0.3 is 0 Å². The van der Waals surface area contributed by atoms with Crippen LogP contribution in [0.25, 0.3) is 5.69 Å². The first-order chi connectivity index (χ1) is 5.86. The van der Waals surface area contributed by atoms with Crippen molar-refractivity contribution < 1.29 is 0 Å². The number of hydrogen-bond donors (Lipinski definition) is 0. The predicted molar refractivity (Wildman–Crippen MR) is 43.9 cm³/mol. The van der Waals surface area contributed by atoms with E-state index < -0.39 is 0 Å². The molecule has 0 unspecified atom stereocenters. The summed E-state index contributed by atoms with van der Waals surface area (Å²) in [5, 5.41) is 7.57. The summed E-state index contributed by atoms with van der Waals surface area (Å²) in [6, 6.07) is 2.00. The maximum Gasteiger partial charge on any atom is 0.0849 e. The molecular weight excluding hydrogens is 152 g/mol. The molecule has 0 amide bonds. The fourth-order valence-corrected chi connectivity index (χ4v) is 1.01. The molecule has 2 aromatic heterocycles. The minimum Gasteiger partial charge on any atom is -0.262 e. The molecule has 0 aromatic carbocycles. The van der Waals surface area contributed by atoms with Crippen molar-refractivity contribution in [2.24, 2.45) is 0 Å². The Bertz CT molecular complexity index is 366. The van der Waals surface area contributed by atoms with Gasteiger partial charge in [-0.2, -0.15) is 0 Å². The zero-order valence-electron chi connectivity index (χ0n) is 6.68. The monoisotopic (exact) mass is 160 g/mol. The largest absolute Gasteiger partial charge is 0.262 e. The molecule has 2 rings (SSSR count). The van der Waals surface area contributed by atoms with Crippen LogP contribution in [-0.2, 0) is 0 Å². The molecular formula is C8H8N4. The highest BCUT2D eigenvalue weighted by Gasteiger charge is 1.95. The van der Waals surface area contributed by atoms with E-state index in [4.69, 9.17) is 0 Å². The molecule has 0 saturated heterocycles. The van der Waals surface area contributed by atoms with Crippen LogP contribution in [-0.4, -0.2) is 20.0 Å². The Morgan fingerprint density at radius 3 is 2.92 bits per heavy atom. The van der Waals surface area contributed by atoms with E-state index in [0.29, 0.717) is 0 Å². The minimum absolute atomic E-state index is 0.938. The van der Waals surface area contributed by atoms with E-state index in [1.807, 2.05) is 13.0 Å². The summed E-state index contributed by atoms with van der Waals surface area (Å²) in [6.07, 6.45) is 6.99. The third-order valence-corrected chi connectivity index (χ3v) is 1.55. The summed E-state index contributed by atoms with van der Waals surface area (Å²) in [7, 11) is 0. The van der Waals surface area contributed by atoms with Gasteiger partial charge in [0.25, 0.3) is 0 Å². The molecule has 60 valence electrons. The summed E-state index contributed by atoms with van der Waals surface area (Å²) < 4.78 is 1.68. The molecule has 0 bridgehead atoms. The highest BCUT2D eigenvalue weighted by atomic mass is 15.4. The second-order valence-electron chi connectivity index (χ2n) is 2.57. The minimum atomic E-state index is 0.938. The molecule has 4 heteroatoms. The van der Waals surface area contributed by atoms with Crippen molar-refractivity contribution in [3.8, 4) is 5.69 Å². The summed E-state index contributed by atoms with van der Waals surface area (Å²) in [5.41, 5.74) is 2.05. The van der Waals surface area contributed by atoms with Gasteiger partial charge >= 0.3 is 0 Å². The molecule has 0 radical (unpaired) electrons. The van der Waals surface area contributed by atoms with Crippen LogP contribution in [0.3, 0.4) is 0 Å². The Balaban J connectivity index is 2.48. The molecule has 0 saturated carbocycles. The SMILES string of the molecule is Cc1cncc(-n2ccnn2)c1. The highest BCUT2D eigenvalue weighted by Crippen LogP contribution is 2.04. The molecule has 0 aliphatic carbocycles. The van der Waals surface area contributed by atoms with Gasteiger partial charge in [0.2, 0.25) is 0 Å². The first-order valence-electron chi connectivity index (χ1n) is 3.64. The summed E-state index contributed by atoms with van der Waals surface area (Å²) in [6.45, 7) is 1.99. The molecule has 0 aliphatic rings. The maximum atomic E-state index is 4.05. The standard InChI is InChI=1S/C8H8N4/c1-7-4-8(6-9-5-7)12-3-2-10-11-12/h2-6H,1H3. The van der Waals surface area contributed by atoms with E-state index >= 15 is 0 Å². The number of hydrogen-bond acceptors (Lipinski definition) is 3. The van der Waals surface area contributed by atoms with E-state index in [0.717, 1.165) is 11.3 Å². The lowest BCUT2D eigenvalue weighted by Gasteiger charge is -1.98. The van der Waals surface area contributed by atoms with Crippen molar-refractivity contribution in [3.63, 3.8) is 0 Å². The first kappa shape index (κ1) is 6.97. The average Bonchev–Trinajstić information content (AvgIpc) is 2.56. The zero-order chi connectivity index (χ0) is 8.39. The molecule has 2 aromatic rings. The molecule has 0 fully saturated rings. The van der Waals surface area contributed by atoms with Gasteiger partial charge in [0.15, 0.2) is 0 Å². The normalized spacial score (nSPS) is 10.1. The number of aromatic nitrogens is 4. The number of aryl methyl sites for hydroxylation is 1. The van der Waals surface area contributed by atoms with Crippen LogP contribution in [0.15, 0.2) is 30.9 Å². The van der Waals surface area contributed by atoms with E-state index in [9.17, 15) is 0 Å². The Kier molecular flexibility index (Phi) is 1.59. The smallest absolute Gasteiger partial charge is 0.0849 e. The van der Waals surface area contributed by atoms with Crippen LogP contribution in [0, 0.1) is 6.92 Å². The van der Waals surface area contributed by atoms with Crippen molar-refractivity contribution in [2.45, 2.75) is 6.92 Å². The van der Waals surface area contributed by atoms with Crippen molar-refractivity contribution in [3.05, 3.63) is 36.4 Å². The third kappa shape index (κ3) is 1.18. The Labute approximate surface area is 69.9 Å². The maximum absolute atomic E-state index is 4.05. The second-order valence-corrected chi connectivity index (χ2v) is 2.57. The fourth-order valence-electron chi connectivity index (χ4n) is 1.01. The molecule has 0 N–H and O–H groups in total. The van der Waals surface area contributed by atoms with Gasteiger partial charge in [-0.05, 0) is 18.6 Å². The molecule has 0 spiro atoms. The molecule has 4 nitrogen and oxygen atoms in total. The van der Waals surface area contributed by atoms with Gasteiger partial charge in [-0.3, -0.25) is 4.98 Å². The predicted octanol–water partition coefficient (Wildman–Crippen LogP) is 0.971. The van der Waals surface area contributed by atoms with Crippen molar-refractivity contribution >= 4 is 0 Å². The Morgan fingerprint density at radius 2 is 2.25 bits per heavy atom. The first-order valence-corrected chi connectivity index (χ1v) is 3.64. The molecule has 0 aliphatic heterocycles. The van der Waals surface area contributed by atoms with Crippen LogP contribution >= 0.6 is 0 Å². The molecule has 2 heterocycles. The Hall–Kier alpha value is -1.71. The van der Waals surface area contributed by atoms with Crippen LogP contribution in [0.5, 0.6) is 0 Å². The lowest BCUT2D eigenvalue weighted by Crippen LogP contribution is -1.95. The van der Waals surface area contributed by atoms with E-state index in [2.05, 4.69) is 15.3 Å². The number of nitrogens with zero attached hydrogens (tertiary/aromatic N) is 4. The summed E-state index contributed by atoms with van der Waals surface area (Å²) >= 11 is 0. The van der Waals surface area contributed by atoms with E-state index in [1.54, 1.807) is 29.5 Å².